The molecule has 2 aliphatic heterocycles. The molecular weight excluding hydrogens is 312 g/mol. The van der Waals surface area contributed by atoms with Crippen molar-refractivity contribution >= 4 is 29.2 Å². The summed E-state index contributed by atoms with van der Waals surface area (Å²) < 4.78 is 5.31. The Hall–Kier alpha value is -1.66. The van der Waals surface area contributed by atoms with Crippen LogP contribution in [0, 0.1) is 0 Å². The Labute approximate surface area is 140 Å². The van der Waals surface area contributed by atoms with Gasteiger partial charge < -0.3 is 14.5 Å². The molecule has 0 aliphatic carbocycles. The fraction of sp³-hybridized carbons (Fsp3) is 0.529. The highest BCUT2D eigenvalue weighted by molar-refractivity contribution is 7.08. The summed E-state index contributed by atoms with van der Waals surface area (Å²) in [5, 5.41) is 3.98. The lowest BCUT2D eigenvalue weighted by Crippen LogP contribution is -2.54. The third kappa shape index (κ3) is 4.00. The largest absolute Gasteiger partial charge is 0.378 e. The molecule has 23 heavy (non-hydrogen) atoms. The SMILES string of the molecule is O=C([C@H]1CCCCN1C(=O)/C=C\c1ccsc1)N1CCOCC1. The number of hydrogen-bond acceptors (Lipinski definition) is 4. The van der Waals surface area contributed by atoms with Crippen LogP contribution >= 0.6 is 11.3 Å². The lowest BCUT2D eigenvalue weighted by Gasteiger charge is -2.38. The second-order valence-electron chi connectivity index (χ2n) is 5.87. The van der Waals surface area contributed by atoms with Crippen molar-refractivity contribution < 1.29 is 14.3 Å². The van der Waals surface area contributed by atoms with Crippen LogP contribution in [0.4, 0.5) is 0 Å². The van der Waals surface area contributed by atoms with Crippen molar-refractivity contribution in [3.8, 4) is 0 Å². The molecule has 2 saturated heterocycles. The summed E-state index contributed by atoms with van der Waals surface area (Å²) in [7, 11) is 0. The lowest BCUT2D eigenvalue weighted by atomic mass is 10.0. The molecule has 0 radical (unpaired) electrons. The predicted octanol–water partition coefficient (Wildman–Crippen LogP) is 2.00. The number of ether oxygens (including phenoxy) is 1. The zero-order chi connectivity index (χ0) is 16.1. The van der Waals surface area contributed by atoms with Gasteiger partial charge in [-0.1, -0.05) is 0 Å². The lowest BCUT2D eigenvalue weighted by molar-refractivity contribution is -0.148. The van der Waals surface area contributed by atoms with Gasteiger partial charge in [0.15, 0.2) is 0 Å². The predicted molar refractivity (Wildman–Crippen MR) is 90.1 cm³/mol. The first kappa shape index (κ1) is 16.2. The van der Waals surface area contributed by atoms with Crippen molar-refractivity contribution in [2.24, 2.45) is 0 Å². The summed E-state index contributed by atoms with van der Waals surface area (Å²) in [4.78, 5) is 28.9. The summed E-state index contributed by atoms with van der Waals surface area (Å²) in [6, 6.07) is 1.66. The zero-order valence-electron chi connectivity index (χ0n) is 13.1. The Morgan fingerprint density at radius 2 is 2.04 bits per heavy atom. The van der Waals surface area contributed by atoms with Crippen molar-refractivity contribution in [2.45, 2.75) is 25.3 Å². The van der Waals surface area contributed by atoms with Crippen LogP contribution in [0.15, 0.2) is 22.9 Å². The maximum atomic E-state index is 12.8. The smallest absolute Gasteiger partial charge is 0.247 e. The summed E-state index contributed by atoms with van der Waals surface area (Å²) in [6.07, 6.45) is 6.13. The molecule has 124 valence electrons. The van der Waals surface area contributed by atoms with E-state index in [0.29, 0.717) is 32.8 Å². The van der Waals surface area contributed by atoms with Gasteiger partial charge in [0, 0.05) is 25.7 Å². The van der Waals surface area contributed by atoms with Gasteiger partial charge in [-0.2, -0.15) is 11.3 Å². The van der Waals surface area contributed by atoms with Crippen LogP contribution in [0.1, 0.15) is 24.8 Å². The van der Waals surface area contributed by atoms with Gasteiger partial charge >= 0.3 is 0 Å². The van der Waals surface area contributed by atoms with E-state index in [0.717, 1.165) is 24.8 Å². The van der Waals surface area contributed by atoms with Crippen LogP contribution in [-0.4, -0.2) is 60.5 Å². The van der Waals surface area contributed by atoms with Gasteiger partial charge in [0.1, 0.15) is 6.04 Å². The van der Waals surface area contributed by atoms with E-state index in [4.69, 9.17) is 4.74 Å². The van der Waals surface area contributed by atoms with Gasteiger partial charge in [-0.15, -0.1) is 0 Å². The monoisotopic (exact) mass is 334 g/mol. The molecular formula is C17H22N2O3S. The summed E-state index contributed by atoms with van der Waals surface area (Å²) >= 11 is 1.60. The van der Waals surface area contributed by atoms with E-state index in [9.17, 15) is 9.59 Å². The molecule has 1 aromatic rings. The standard InChI is InChI=1S/C17H22N2O3S/c20-16(5-4-14-6-12-23-13-14)19-7-2-1-3-15(19)17(21)18-8-10-22-11-9-18/h4-6,12-13,15H,1-3,7-11H2/b5-4-/t15-/m1/s1. The van der Waals surface area contributed by atoms with Gasteiger partial charge in [0.05, 0.1) is 13.2 Å². The Bertz CT molecular complexity index is 564. The minimum atomic E-state index is -0.318. The van der Waals surface area contributed by atoms with E-state index in [1.165, 1.54) is 0 Å². The van der Waals surface area contributed by atoms with Gasteiger partial charge in [-0.25, -0.2) is 0 Å². The number of amides is 2. The number of carbonyl (C=O) groups is 2. The highest BCUT2D eigenvalue weighted by Gasteiger charge is 2.34. The molecule has 3 rings (SSSR count). The van der Waals surface area contributed by atoms with Crippen LogP contribution < -0.4 is 0 Å². The Balaban J connectivity index is 1.67. The molecule has 6 heteroatoms. The molecule has 5 nitrogen and oxygen atoms in total. The third-order valence-electron chi connectivity index (χ3n) is 4.36. The summed E-state index contributed by atoms with van der Waals surface area (Å²) in [5.74, 6) is 0.00722. The van der Waals surface area contributed by atoms with Crippen LogP contribution in [0.2, 0.25) is 0 Å². The number of hydrogen-bond donors (Lipinski definition) is 0. The number of nitrogens with zero attached hydrogens (tertiary/aromatic N) is 2. The van der Waals surface area contributed by atoms with E-state index in [2.05, 4.69) is 0 Å². The van der Waals surface area contributed by atoms with E-state index >= 15 is 0 Å². The maximum Gasteiger partial charge on any atom is 0.247 e. The quantitative estimate of drug-likeness (QED) is 0.795. The van der Waals surface area contributed by atoms with Crippen LogP contribution in [0.5, 0.6) is 0 Å². The average molecular weight is 334 g/mol. The molecule has 2 amide bonds. The molecule has 2 fully saturated rings. The minimum Gasteiger partial charge on any atom is -0.378 e. The van der Waals surface area contributed by atoms with E-state index in [1.807, 2.05) is 27.8 Å². The molecule has 0 bridgehead atoms. The van der Waals surface area contributed by atoms with Crippen molar-refractivity contribution in [1.29, 1.82) is 0 Å². The molecule has 0 aromatic carbocycles. The number of rotatable bonds is 3. The summed E-state index contributed by atoms with van der Waals surface area (Å²) in [6.45, 7) is 3.09. The summed E-state index contributed by atoms with van der Waals surface area (Å²) in [5.41, 5.74) is 1.02. The molecule has 1 atom stereocenters. The molecule has 1 aromatic heterocycles. The average Bonchev–Trinajstić information content (AvgIpc) is 3.13. The maximum absolute atomic E-state index is 12.8. The molecule has 0 N–H and O–H groups in total. The highest BCUT2D eigenvalue weighted by atomic mass is 32.1. The second-order valence-corrected chi connectivity index (χ2v) is 6.65. The van der Waals surface area contributed by atoms with Crippen LogP contribution in [0.3, 0.4) is 0 Å². The highest BCUT2D eigenvalue weighted by Crippen LogP contribution is 2.20. The van der Waals surface area contributed by atoms with Crippen molar-refractivity contribution in [3.05, 3.63) is 28.5 Å². The molecule has 3 heterocycles. The molecule has 0 spiro atoms. The second kappa shape index (κ2) is 7.75. The topological polar surface area (TPSA) is 49.9 Å². The van der Waals surface area contributed by atoms with Gasteiger partial charge in [-0.3, -0.25) is 9.59 Å². The van der Waals surface area contributed by atoms with E-state index in [-0.39, 0.29) is 17.9 Å². The van der Waals surface area contributed by atoms with Gasteiger partial charge in [-0.05, 0) is 47.7 Å². The van der Waals surface area contributed by atoms with Gasteiger partial charge in [0.2, 0.25) is 11.8 Å². The molecule has 0 unspecified atom stereocenters. The number of morpholine rings is 1. The molecule has 2 aliphatic rings. The van der Waals surface area contributed by atoms with Gasteiger partial charge in [0.25, 0.3) is 0 Å². The van der Waals surface area contributed by atoms with E-state index in [1.54, 1.807) is 22.3 Å². The van der Waals surface area contributed by atoms with Crippen LogP contribution in [0.25, 0.3) is 6.08 Å². The Morgan fingerprint density at radius 3 is 2.78 bits per heavy atom. The van der Waals surface area contributed by atoms with Crippen molar-refractivity contribution in [1.82, 2.24) is 9.80 Å². The Morgan fingerprint density at radius 1 is 1.22 bits per heavy atom. The third-order valence-corrected chi connectivity index (χ3v) is 5.06. The van der Waals surface area contributed by atoms with Crippen molar-refractivity contribution in [3.63, 3.8) is 0 Å². The number of carbonyl (C=O) groups excluding carboxylic acids is 2. The number of piperidine rings is 1. The first-order valence-electron chi connectivity index (χ1n) is 8.13. The first-order chi connectivity index (χ1) is 11.3. The van der Waals surface area contributed by atoms with Crippen molar-refractivity contribution in [2.75, 3.05) is 32.8 Å². The first-order valence-corrected chi connectivity index (χ1v) is 9.07. The van der Waals surface area contributed by atoms with E-state index < -0.39 is 0 Å². The number of likely N-dealkylation sites (tertiary alicyclic amines) is 1. The fourth-order valence-electron chi connectivity index (χ4n) is 3.08. The number of thiophene rings is 1. The fourth-order valence-corrected chi connectivity index (χ4v) is 3.71. The van der Waals surface area contributed by atoms with Crippen LogP contribution in [-0.2, 0) is 14.3 Å². The molecule has 0 saturated carbocycles. The minimum absolute atomic E-state index is 0.0671. The Kier molecular flexibility index (Phi) is 5.46. The normalized spacial score (nSPS) is 22.5. The zero-order valence-corrected chi connectivity index (χ0v) is 14.0.